The molecule has 2 heterocycles. The van der Waals surface area contributed by atoms with E-state index in [1.165, 1.54) is 22.7 Å². The van der Waals surface area contributed by atoms with Crippen LogP contribution in [0.1, 0.15) is 5.56 Å². The van der Waals surface area contributed by atoms with E-state index >= 15 is 0 Å². The van der Waals surface area contributed by atoms with Gasteiger partial charge in [0, 0.05) is 40.5 Å². The third kappa shape index (κ3) is 3.60. The van der Waals surface area contributed by atoms with Crippen LogP contribution in [0.4, 0.5) is 0 Å². The highest BCUT2D eigenvalue weighted by Crippen LogP contribution is 2.41. The highest BCUT2D eigenvalue weighted by Gasteiger charge is 2.18. The Balaban J connectivity index is 1.94. The normalized spacial score (nSPS) is 12.2. The number of ether oxygens (including phenoxy) is 1. The lowest BCUT2D eigenvalue weighted by Gasteiger charge is -2.17. The fourth-order valence-electron chi connectivity index (χ4n) is 3.47. The summed E-state index contributed by atoms with van der Waals surface area (Å²) in [5.74, 6) is 0.652. The lowest BCUT2D eigenvalue weighted by molar-refractivity contribution is 0.417. The molecule has 4 rings (SSSR count). The first-order chi connectivity index (χ1) is 14.2. The maximum atomic E-state index is 12.4. The van der Waals surface area contributed by atoms with Gasteiger partial charge in [-0.25, -0.2) is 12.7 Å². The average molecular weight is 463 g/mol. The van der Waals surface area contributed by atoms with Gasteiger partial charge >= 0.3 is 0 Å². The number of fused-ring (bicyclic) bond motifs is 3. The Morgan fingerprint density at radius 1 is 1.20 bits per heavy atom. The van der Waals surface area contributed by atoms with Crippen LogP contribution in [0.5, 0.6) is 5.75 Å². The molecule has 0 atom stereocenters. The number of methoxy groups -OCH3 is 1. The maximum absolute atomic E-state index is 12.4. The van der Waals surface area contributed by atoms with E-state index in [0.717, 1.165) is 28.2 Å². The first kappa shape index (κ1) is 20.9. The second-order valence-electron chi connectivity index (χ2n) is 7.01. The monoisotopic (exact) mass is 462 g/mol. The SMILES string of the molecule is COc1ccc2[nH]c(=O)c3sccc3c2c1-c1ccc(CN(C)S(C)(=O)=O)c(Cl)c1. The Bertz CT molecular complexity index is 1440. The number of H-pyrrole nitrogens is 1. The van der Waals surface area contributed by atoms with Crippen LogP contribution in [-0.4, -0.2) is 38.1 Å². The summed E-state index contributed by atoms with van der Waals surface area (Å²) in [4.78, 5) is 15.3. The lowest BCUT2D eigenvalue weighted by Crippen LogP contribution is -2.25. The zero-order valence-electron chi connectivity index (χ0n) is 16.5. The van der Waals surface area contributed by atoms with E-state index in [9.17, 15) is 13.2 Å². The molecule has 30 heavy (non-hydrogen) atoms. The number of rotatable bonds is 5. The van der Waals surface area contributed by atoms with Crippen LogP contribution in [-0.2, 0) is 16.6 Å². The summed E-state index contributed by atoms with van der Waals surface area (Å²) < 4.78 is 31.0. The van der Waals surface area contributed by atoms with Crippen molar-refractivity contribution < 1.29 is 13.2 Å². The molecule has 6 nitrogen and oxygen atoms in total. The summed E-state index contributed by atoms with van der Waals surface area (Å²) in [6.07, 6.45) is 1.16. The zero-order valence-corrected chi connectivity index (χ0v) is 18.9. The van der Waals surface area contributed by atoms with Gasteiger partial charge in [0.15, 0.2) is 0 Å². The van der Waals surface area contributed by atoms with Crippen molar-refractivity contribution >= 4 is 54.0 Å². The second-order valence-corrected chi connectivity index (χ2v) is 10.4. The van der Waals surface area contributed by atoms with Crippen molar-refractivity contribution in [3.63, 3.8) is 0 Å². The Hall–Kier alpha value is -2.39. The molecule has 0 spiro atoms. The minimum absolute atomic E-state index is 0.124. The van der Waals surface area contributed by atoms with E-state index in [0.29, 0.717) is 26.6 Å². The number of nitrogens with zero attached hydrogens (tertiary/aromatic N) is 1. The van der Waals surface area contributed by atoms with Gasteiger partial charge in [-0.05, 0) is 40.8 Å². The number of aromatic amines is 1. The molecule has 156 valence electrons. The molecule has 0 amide bonds. The van der Waals surface area contributed by atoms with Crippen molar-refractivity contribution in [1.82, 2.24) is 9.29 Å². The van der Waals surface area contributed by atoms with Crippen LogP contribution in [0.2, 0.25) is 5.02 Å². The van der Waals surface area contributed by atoms with Crippen LogP contribution in [0.25, 0.3) is 32.1 Å². The molecule has 0 radical (unpaired) electrons. The third-order valence-corrected chi connectivity index (χ3v) is 7.60. The molecular weight excluding hydrogens is 444 g/mol. The smallest absolute Gasteiger partial charge is 0.266 e. The van der Waals surface area contributed by atoms with Crippen LogP contribution >= 0.6 is 22.9 Å². The molecule has 0 aliphatic rings. The maximum Gasteiger partial charge on any atom is 0.266 e. The molecule has 4 aromatic rings. The summed E-state index contributed by atoms with van der Waals surface area (Å²) >= 11 is 7.91. The number of thiophene rings is 1. The van der Waals surface area contributed by atoms with E-state index in [4.69, 9.17) is 16.3 Å². The van der Waals surface area contributed by atoms with Gasteiger partial charge in [-0.15, -0.1) is 11.3 Å². The topological polar surface area (TPSA) is 79.5 Å². The molecule has 0 fully saturated rings. The van der Waals surface area contributed by atoms with Crippen LogP contribution in [0, 0.1) is 0 Å². The van der Waals surface area contributed by atoms with Crippen molar-refractivity contribution in [2.75, 3.05) is 20.4 Å². The van der Waals surface area contributed by atoms with E-state index in [2.05, 4.69) is 4.98 Å². The fourth-order valence-corrected chi connectivity index (χ4v) is 4.88. The number of aromatic nitrogens is 1. The standard InChI is InChI=1S/C21H19ClN2O4S2/c1-24(30(3,26)27)11-13-5-4-12(10-15(13)22)18-17(28-2)7-6-16-19(18)14-8-9-29-20(14)21(25)23-16/h4-10H,11H2,1-3H3,(H,23,25). The Labute approximate surface area is 182 Å². The summed E-state index contributed by atoms with van der Waals surface area (Å²) in [6, 6.07) is 11.1. The molecule has 0 saturated heterocycles. The summed E-state index contributed by atoms with van der Waals surface area (Å²) in [5, 5.41) is 4.07. The highest BCUT2D eigenvalue weighted by atomic mass is 35.5. The molecular formula is C21H19ClN2O4S2. The average Bonchev–Trinajstić information content (AvgIpc) is 3.18. The molecule has 2 aromatic heterocycles. The Kier molecular flexibility index (Phi) is 5.36. The number of hydrogen-bond donors (Lipinski definition) is 1. The lowest BCUT2D eigenvalue weighted by atomic mass is 9.96. The van der Waals surface area contributed by atoms with Crippen molar-refractivity contribution in [3.8, 4) is 16.9 Å². The summed E-state index contributed by atoms with van der Waals surface area (Å²) in [7, 11) is -0.213. The number of hydrogen-bond acceptors (Lipinski definition) is 5. The predicted octanol–water partition coefficient (Wildman–Crippen LogP) is 4.46. The van der Waals surface area contributed by atoms with Crippen molar-refractivity contribution in [2.45, 2.75) is 6.54 Å². The summed E-state index contributed by atoms with van der Waals surface area (Å²) in [5.41, 5.74) is 2.91. The molecule has 0 saturated carbocycles. The van der Waals surface area contributed by atoms with Crippen LogP contribution in [0.3, 0.4) is 0 Å². The van der Waals surface area contributed by atoms with Gasteiger partial charge in [0.2, 0.25) is 10.0 Å². The minimum Gasteiger partial charge on any atom is -0.496 e. The number of pyridine rings is 1. The number of sulfonamides is 1. The van der Waals surface area contributed by atoms with Crippen molar-refractivity contribution in [1.29, 1.82) is 0 Å². The predicted molar refractivity (Wildman–Crippen MR) is 123 cm³/mol. The molecule has 9 heteroatoms. The number of nitrogens with one attached hydrogen (secondary N) is 1. The second kappa shape index (κ2) is 7.70. The first-order valence-electron chi connectivity index (χ1n) is 9.01. The number of benzene rings is 2. The quantitative estimate of drug-likeness (QED) is 0.474. The zero-order chi connectivity index (χ0) is 21.6. The molecule has 1 N–H and O–H groups in total. The fraction of sp³-hybridized carbons (Fsp3) is 0.190. The van der Waals surface area contributed by atoms with Crippen LogP contribution < -0.4 is 10.3 Å². The van der Waals surface area contributed by atoms with Gasteiger partial charge in [-0.1, -0.05) is 23.7 Å². The van der Waals surface area contributed by atoms with Crippen molar-refractivity contribution in [2.24, 2.45) is 0 Å². The first-order valence-corrected chi connectivity index (χ1v) is 12.1. The van der Waals surface area contributed by atoms with Gasteiger partial charge in [-0.3, -0.25) is 4.79 Å². The molecule has 0 aliphatic heterocycles. The number of halogens is 1. The summed E-state index contributed by atoms with van der Waals surface area (Å²) in [6.45, 7) is 0.173. The van der Waals surface area contributed by atoms with Gasteiger partial charge in [-0.2, -0.15) is 0 Å². The Morgan fingerprint density at radius 2 is 1.97 bits per heavy atom. The van der Waals surface area contributed by atoms with Gasteiger partial charge in [0.1, 0.15) is 10.4 Å². The third-order valence-electron chi connectivity index (χ3n) is 5.08. The van der Waals surface area contributed by atoms with E-state index in [1.54, 1.807) is 13.2 Å². The van der Waals surface area contributed by atoms with E-state index in [-0.39, 0.29) is 12.1 Å². The van der Waals surface area contributed by atoms with Gasteiger partial charge in [0.25, 0.3) is 5.56 Å². The molecule has 0 bridgehead atoms. The van der Waals surface area contributed by atoms with E-state index in [1.807, 2.05) is 35.7 Å². The molecule has 0 unspecified atom stereocenters. The molecule has 2 aromatic carbocycles. The largest absolute Gasteiger partial charge is 0.496 e. The van der Waals surface area contributed by atoms with Crippen LogP contribution in [0.15, 0.2) is 46.6 Å². The highest BCUT2D eigenvalue weighted by molar-refractivity contribution is 7.88. The van der Waals surface area contributed by atoms with Gasteiger partial charge < -0.3 is 9.72 Å². The van der Waals surface area contributed by atoms with Gasteiger partial charge in [0.05, 0.1) is 13.4 Å². The van der Waals surface area contributed by atoms with Crippen molar-refractivity contribution in [3.05, 3.63) is 62.7 Å². The Morgan fingerprint density at radius 3 is 2.63 bits per heavy atom. The minimum atomic E-state index is -3.32. The molecule has 0 aliphatic carbocycles. The van der Waals surface area contributed by atoms with E-state index < -0.39 is 10.0 Å².